The molecule has 1 aromatic heterocycles. The van der Waals surface area contributed by atoms with E-state index < -0.39 is 10.0 Å². The molecule has 0 saturated heterocycles. The molecule has 0 unspecified atom stereocenters. The van der Waals surface area contributed by atoms with Crippen molar-refractivity contribution in [3.63, 3.8) is 0 Å². The minimum Gasteiger partial charge on any atom is -0.266 e. The topological polar surface area (TPSA) is 37.4 Å². The van der Waals surface area contributed by atoms with Gasteiger partial charge in [-0.2, -0.15) is 0 Å². The molecule has 0 amide bonds. The molecule has 19 heavy (non-hydrogen) atoms. The minimum absolute atomic E-state index is 0.341. The Bertz CT molecular complexity index is 666. The van der Waals surface area contributed by atoms with Gasteiger partial charge in [0, 0.05) is 11.6 Å². The van der Waals surface area contributed by atoms with Crippen LogP contribution in [-0.2, 0) is 10.0 Å². The van der Waals surface area contributed by atoms with Crippen molar-refractivity contribution in [3.8, 4) is 0 Å². The summed E-state index contributed by atoms with van der Waals surface area (Å²) >= 11 is 7.29. The molecule has 0 radical (unpaired) electrons. The standard InChI is InChI=1S/C13H14ClNO2S2/c1-3-15(12-7-4-6-11(14)10(12)2)19(16,17)13-8-5-9-18-13/h4-9H,3H2,1-2H3. The second-order valence-electron chi connectivity index (χ2n) is 3.99. The average molecular weight is 316 g/mol. The number of thiophene rings is 1. The van der Waals surface area contributed by atoms with E-state index >= 15 is 0 Å². The van der Waals surface area contributed by atoms with Gasteiger partial charge in [0.1, 0.15) is 4.21 Å². The quantitative estimate of drug-likeness (QED) is 0.857. The first-order valence-electron chi connectivity index (χ1n) is 5.80. The SMILES string of the molecule is CCN(c1cccc(Cl)c1C)S(=O)(=O)c1cccs1. The van der Waals surface area contributed by atoms with E-state index in [1.165, 1.54) is 15.6 Å². The minimum atomic E-state index is -3.51. The molecular formula is C13H14ClNO2S2. The van der Waals surface area contributed by atoms with Gasteiger partial charge in [-0.05, 0) is 43.0 Å². The highest BCUT2D eigenvalue weighted by atomic mass is 35.5. The summed E-state index contributed by atoms with van der Waals surface area (Å²) < 4.78 is 26.9. The van der Waals surface area contributed by atoms with Crippen LogP contribution in [0.25, 0.3) is 0 Å². The van der Waals surface area contributed by atoms with Crippen molar-refractivity contribution in [3.05, 3.63) is 46.3 Å². The van der Waals surface area contributed by atoms with E-state index in [2.05, 4.69) is 0 Å². The number of nitrogens with zero attached hydrogens (tertiary/aromatic N) is 1. The van der Waals surface area contributed by atoms with Gasteiger partial charge in [0.15, 0.2) is 0 Å². The largest absolute Gasteiger partial charge is 0.273 e. The second kappa shape index (κ2) is 5.53. The molecule has 1 heterocycles. The van der Waals surface area contributed by atoms with Crippen LogP contribution in [0, 0.1) is 6.92 Å². The van der Waals surface area contributed by atoms with Gasteiger partial charge in [-0.25, -0.2) is 8.42 Å². The molecule has 2 aromatic rings. The highest BCUT2D eigenvalue weighted by Gasteiger charge is 2.25. The number of hydrogen-bond acceptors (Lipinski definition) is 3. The van der Waals surface area contributed by atoms with Crippen molar-refractivity contribution >= 4 is 38.6 Å². The number of hydrogen-bond donors (Lipinski definition) is 0. The maximum atomic E-state index is 12.6. The summed E-state index contributed by atoms with van der Waals surface area (Å²) in [6.45, 7) is 4.00. The van der Waals surface area contributed by atoms with Crippen LogP contribution in [0.2, 0.25) is 5.02 Å². The summed E-state index contributed by atoms with van der Waals surface area (Å²) in [5.41, 5.74) is 1.40. The summed E-state index contributed by atoms with van der Waals surface area (Å²) in [6, 6.07) is 8.64. The summed E-state index contributed by atoms with van der Waals surface area (Å²) in [7, 11) is -3.51. The summed E-state index contributed by atoms with van der Waals surface area (Å²) in [5.74, 6) is 0. The van der Waals surface area contributed by atoms with Crippen molar-refractivity contribution < 1.29 is 8.42 Å². The third-order valence-electron chi connectivity index (χ3n) is 2.83. The Morgan fingerprint density at radius 2 is 2.00 bits per heavy atom. The van der Waals surface area contributed by atoms with Gasteiger partial charge in [-0.1, -0.05) is 23.7 Å². The zero-order chi connectivity index (χ0) is 14.0. The average Bonchev–Trinajstić information content (AvgIpc) is 2.89. The molecule has 2 rings (SSSR count). The highest BCUT2D eigenvalue weighted by Crippen LogP contribution is 2.31. The molecule has 0 aliphatic carbocycles. The maximum Gasteiger partial charge on any atom is 0.273 e. The summed E-state index contributed by atoms with van der Waals surface area (Å²) in [5, 5.41) is 2.32. The van der Waals surface area contributed by atoms with Crippen molar-refractivity contribution in [2.45, 2.75) is 18.1 Å². The molecule has 0 aliphatic heterocycles. The fourth-order valence-corrected chi connectivity index (χ4v) is 4.66. The Kier molecular flexibility index (Phi) is 4.18. The zero-order valence-electron chi connectivity index (χ0n) is 10.6. The molecule has 102 valence electrons. The lowest BCUT2D eigenvalue weighted by atomic mass is 10.2. The number of rotatable bonds is 4. The van der Waals surface area contributed by atoms with E-state index in [-0.39, 0.29) is 0 Å². The van der Waals surface area contributed by atoms with Gasteiger partial charge in [-0.15, -0.1) is 11.3 Å². The van der Waals surface area contributed by atoms with Crippen LogP contribution in [-0.4, -0.2) is 15.0 Å². The number of sulfonamides is 1. The monoisotopic (exact) mass is 315 g/mol. The first-order chi connectivity index (χ1) is 8.98. The van der Waals surface area contributed by atoms with Crippen LogP contribution >= 0.6 is 22.9 Å². The Hall–Kier alpha value is -1.04. The molecule has 6 heteroatoms. The van der Waals surface area contributed by atoms with Crippen molar-refractivity contribution in [2.24, 2.45) is 0 Å². The normalized spacial score (nSPS) is 11.5. The maximum absolute atomic E-state index is 12.6. The van der Waals surface area contributed by atoms with Crippen molar-refractivity contribution in [1.82, 2.24) is 0 Å². The summed E-state index contributed by atoms with van der Waals surface area (Å²) in [6.07, 6.45) is 0. The fourth-order valence-electron chi connectivity index (χ4n) is 1.85. The lowest BCUT2D eigenvalue weighted by Gasteiger charge is -2.24. The van der Waals surface area contributed by atoms with Crippen LogP contribution in [0.4, 0.5) is 5.69 Å². The molecular weight excluding hydrogens is 302 g/mol. The molecule has 1 aromatic carbocycles. The Morgan fingerprint density at radius 3 is 2.58 bits per heavy atom. The van der Waals surface area contributed by atoms with E-state index in [1.807, 2.05) is 13.8 Å². The first kappa shape index (κ1) is 14.4. The smallest absolute Gasteiger partial charge is 0.266 e. The molecule has 3 nitrogen and oxygen atoms in total. The van der Waals surface area contributed by atoms with Crippen LogP contribution in [0.15, 0.2) is 39.9 Å². The van der Waals surface area contributed by atoms with Gasteiger partial charge in [0.25, 0.3) is 10.0 Å². The summed E-state index contributed by atoms with van der Waals surface area (Å²) in [4.78, 5) is 0. The molecule has 0 N–H and O–H groups in total. The highest BCUT2D eigenvalue weighted by molar-refractivity contribution is 7.94. The third kappa shape index (κ3) is 2.63. The fraction of sp³-hybridized carbons (Fsp3) is 0.231. The Labute approximate surface area is 122 Å². The van der Waals surface area contributed by atoms with E-state index in [0.717, 1.165) is 5.56 Å². The van der Waals surface area contributed by atoms with Crippen LogP contribution in [0.5, 0.6) is 0 Å². The van der Waals surface area contributed by atoms with Crippen LogP contribution in [0.1, 0.15) is 12.5 Å². The molecule has 0 spiro atoms. The van der Waals surface area contributed by atoms with E-state index in [9.17, 15) is 8.42 Å². The number of benzene rings is 1. The van der Waals surface area contributed by atoms with E-state index in [4.69, 9.17) is 11.6 Å². The van der Waals surface area contributed by atoms with Gasteiger partial charge in [-0.3, -0.25) is 4.31 Å². The van der Waals surface area contributed by atoms with E-state index in [0.29, 0.717) is 21.5 Å². The number of halogens is 1. The molecule has 0 bridgehead atoms. The van der Waals surface area contributed by atoms with Gasteiger partial charge in [0.05, 0.1) is 5.69 Å². The van der Waals surface area contributed by atoms with Crippen LogP contribution in [0.3, 0.4) is 0 Å². The van der Waals surface area contributed by atoms with E-state index in [1.54, 1.807) is 35.7 Å². The Balaban J connectivity index is 2.55. The predicted octanol–water partition coefficient (Wildman–Crippen LogP) is 3.93. The molecule has 0 aliphatic rings. The van der Waals surface area contributed by atoms with Gasteiger partial charge < -0.3 is 0 Å². The zero-order valence-corrected chi connectivity index (χ0v) is 13.0. The number of anilines is 1. The van der Waals surface area contributed by atoms with Crippen LogP contribution < -0.4 is 4.31 Å². The van der Waals surface area contributed by atoms with Crippen molar-refractivity contribution in [1.29, 1.82) is 0 Å². The lowest BCUT2D eigenvalue weighted by molar-refractivity contribution is 0.594. The lowest BCUT2D eigenvalue weighted by Crippen LogP contribution is -2.30. The molecule has 0 saturated carbocycles. The second-order valence-corrected chi connectivity index (χ2v) is 7.43. The first-order valence-corrected chi connectivity index (χ1v) is 8.49. The molecule has 0 fully saturated rings. The Morgan fingerprint density at radius 1 is 1.26 bits per heavy atom. The predicted molar refractivity (Wildman–Crippen MR) is 80.7 cm³/mol. The molecule has 0 atom stereocenters. The third-order valence-corrected chi connectivity index (χ3v) is 6.51. The van der Waals surface area contributed by atoms with Gasteiger partial charge in [0.2, 0.25) is 0 Å². The van der Waals surface area contributed by atoms with Crippen molar-refractivity contribution in [2.75, 3.05) is 10.8 Å². The van der Waals surface area contributed by atoms with Gasteiger partial charge >= 0.3 is 0 Å².